The zero-order valence-electron chi connectivity index (χ0n) is 15.1. The number of hydrogen-bond acceptors (Lipinski definition) is 1. The van der Waals surface area contributed by atoms with Gasteiger partial charge in [0, 0.05) is 12.0 Å². The number of carbonyl (C=O) groups is 1. The molecule has 0 amide bonds. The van der Waals surface area contributed by atoms with Crippen LogP contribution in [0.2, 0.25) is 0 Å². The molecule has 0 aliphatic heterocycles. The Morgan fingerprint density at radius 2 is 1.65 bits per heavy atom. The lowest BCUT2D eigenvalue weighted by Crippen LogP contribution is -2.19. The van der Waals surface area contributed by atoms with Crippen LogP contribution in [-0.2, 0) is 6.42 Å². The van der Waals surface area contributed by atoms with Gasteiger partial charge in [0.05, 0.1) is 5.92 Å². The fraction of sp³-hybridized carbons (Fsp3) is 0.318. The summed E-state index contributed by atoms with van der Waals surface area (Å²) in [7, 11) is 0. The molecule has 1 unspecified atom stereocenters. The lowest BCUT2D eigenvalue weighted by atomic mass is 9.91. The first-order valence-corrected chi connectivity index (χ1v) is 8.65. The Morgan fingerprint density at radius 1 is 1.00 bits per heavy atom. The number of fused-ring (bicyclic) bond motifs is 1. The van der Waals surface area contributed by atoms with Gasteiger partial charge in [-0.2, -0.15) is 13.2 Å². The highest BCUT2D eigenvalue weighted by molar-refractivity contribution is 6.00. The summed E-state index contributed by atoms with van der Waals surface area (Å²) < 4.78 is 40.9. The van der Waals surface area contributed by atoms with E-state index in [4.69, 9.17) is 0 Å². The third kappa shape index (κ3) is 3.59. The first kappa shape index (κ1) is 18.4. The largest absolute Gasteiger partial charge is 0.399 e. The van der Waals surface area contributed by atoms with Crippen LogP contribution in [0, 0.1) is 20.8 Å². The molecule has 0 saturated heterocycles. The molecule has 0 radical (unpaired) electrons. The molecule has 1 atom stereocenters. The molecule has 2 aromatic rings. The second kappa shape index (κ2) is 6.75. The summed E-state index contributed by atoms with van der Waals surface area (Å²) in [6.45, 7) is 5.58. The van der Waals surface area contributed by atoms with Crippen molar-refractivity contribution in [1.82, 2.24) is 0 Å². The van der Waals surface area contributed by atoms with Gasteiger partial charge in [0.25, 0.3) is 0 Å². The predicted molar refractivity (Wildman–Crippen MR) is 97.6 cm³/mol. The van der Waals surface area contributed by atoms with Gasteiger partial charge in [-0.1, -0.05) is 42.5 Å². The van der Waals surface area contributed by atoms with Crippen LogP contribution < -0.4 is 0 Å². The van der Waals surface area contributed by atoms with Crippen molar-refractivity contribution in [2.45, 2.75) is 45.7 Å². The number of allylic oxidation sites excluding steroid dienone is 1. The quantitative estimate of drug-likeness (QED) is 0.648. The minimum Gasteiger partial charge on any atom is -0.294 e. The fourth-order valence-corrected chi connectivity index (χ4v) is 3.44. The summed E-state index contributed by atoms with van der Waals surface area (Å²) in [5.74, 6) is -1.55. The molecule has 0 saturated carbocycles. The van der Waals surface area contributed by atoms with Crippen LogP contribution in [0.4, 0.5) is 13.2 Å². The van der Waals surface area contributed by atoms with E-state index in [-0.39, 0.29) is 11.3 Å². The summed E-state index contributed by atoms with van der Waals surface area (Å²) >= 11 is 0. The number of alkyl halides is 3. The average molecular weight is 358 g/mol. The lowest BCUT2D eigenvalue weighted by Gasteiger charge is -2.19. The molecule has 1 nitrogen and oxygen atoms in total. The molecule has 136 valence electrons. The Morgan fingerprint density at radius 3 is 2.27 bits per heavy atom. The summed E-state index contributed by atoms with van der Waals surface area (Å²) in [4.78, 5) is 11.7. The van der Waals surface area contributed by atoms with Crippen LogP contribution in [0.15, 0.2) is 36.4 Å². The van der Waals surface area contributed by atoms with Gasteiger partial charge < -0.3 is 0 Å². The van der Waals surface area contributed by atoms with Crippen molar-refractivity contribution in [2.75, 3.05) is 0 Å². The van der Waals surface area contributed by atoms with Crippen molar-refractivity contribution in [1.29, 1.82) is 0 Å². The van der Waals surface area contributed by atoms with E-state index in [0.29, 0.717) is 24.0 Å². The van der Waals surface area contributed by atoms with Crippen molar-refractivity contribution in [3.8, 4) is 0 Å². The fourth-order valence-electron chi connectivity index (χ4n) is 3.44. The average Bonchev–Trinajstić information content (AvgIpc) is 2.92. The number of rotatable bonds is 3. The van der Waals surface area contributed by atoms with Gasteiger partial charge in [-0.25, -0.2) is 0 Å². The minimum atomic E-state index is -4.36. The Hall–Kier alpha value is -2.36. The third-order valence-electron chi connectivity index (χ3n) is 5.19. The van der Waals surface area contributed by atoms with Crippen LogP contribution in [0.1, 0.15) is 56.1 Å². The van der Waals surface area contributed by atoms with E-state index >= 15 is 0 Å². The van der Waals surface area contributed by atoms with E-state index in [2.05, 4.69) is 0 Å². The summed E-state index contributed by atoms with van der Waals surface area (Å²) in [5, 5.41) is 0. The van der Waals surface area contributed by atoms with E-state index < -0.39 is 12.1 Å². The number of benzene rings is 2. The summed E-state index contributed by atoms with van der Waals surface area (Å²) in [5.41, 5.74) is 5.29. The number of ketones is 1. The second-order valence-corrected chi connectivity index (χ2v) is 7.00. The number of aryl methyl sites for hydroxylation is 3. The molecule has 0 bridgehead atoms. The molecular formula is C22H21F3O. The van der Waals surface area contributed by atoms with Gasteiger partial charge in [0.2, 0.25) is 0 Å². The van der Waals surface area contributed by atoms with Gasteiger partial charge in [-0.3, -0.25) is 4.79 Å². The van der Waals surface area contributed by atoms with Gasteiger partial charge >= 0.3 is 6.18 Å². The molecule has 0 N–H and O–H groups in total. The maximum Gasteiger partial charge on any atom is 0.399 e. The van der Waals surface area contributed by atoms with Crippen LogP contribution in [0.5, 0.6) is 0 Å². The smallest absolute Gasteiger partial charge is 0.294 e. The van der Waals surface area contributed by atoms with Gasteiger partial charge in [-0.15, -0.1) is 0 Å². The molecule has 0 aromatic heterocycles. The zero-order chi connectivity index (χ0) is 19.1. The third-order valence-corrected chi connectivity index (χ3v) is 5.19. The number of carbonyl (C=O) groups excluding carboxylic acids is 1. The molecule has 3 rings (SSSR count). The van der Waals surface area contributed by atoms with Gasteiger partial charge in [-0.05, 0) is 60.6 Å². The Kier molecular flexibility index (Phi) is 4.78. The highest BCUT2D eigenvalue weighted by atomic mass is 19.4. The van der Waals surface area contributed by atoms with E-state index in [0.717, 1.165) is 22.3 Å². The Labute approximate surface area is 151 Å². The molecule has 1 aliphatic rings. The topological polar surface area (TPSA) is 17.1 Å². The van der Waals surface area contributed by atoms with Crippen molar-refractivity contribution >= 4 is 11.9 Å². The lowest BCUT2D eigenvalue weighted by molar-refractivity contribution is -0.139. The zero-order valence-corrected chi connectivity index (χ0v) is 15.1. The van der Waals surface area contributed by atoms with E-state index in [1.807, 2.05) is 26.8 Å². The molecule has 0 heterocycles. The molecular weight excluding hydrogens is 337 g/mol. The summed E-state index contributed by atoms with van der Waals surface area (Å²) in [6, 6.07) is 8.47. The molecule has 2 aromatic carbocycles. The molecule has 26 heavy (non-hydrogen) atoms. The first-order chi connectivity index (χ1) is 12.2. The number of halogens is 3. The van der Waals surface area contributed by atoms with E-state index in [1.165, 1.54) is 12.2 Å². The molecule has 1 aliphatic carbocycles. The normalized spacial score (nSPS) is 15.5. The minimum absolute atomic E-state index is 0.106. The SMILES string of the molecule is Cc1cc(C(/C=C/c2ccc3c(c2)CCC3=O)C(F)(F)F)cc(C)c1C. The monoisotopic (exact) mass is 358 g/mol. The standard InChI is InChI=1S/C22H21F3O/c1-13-10-18(11-14(2)15(13)3)20(22(23,24)25)8-5-16-4-7-19-17(12-16)6-9-21(19)26/h4-5,7-8,10-12,20H,6,9H2,1-3H3/b8-5+. The first-order valence-electron chi connectivity index (χ1n) is 8.65. The van der Waals surface area contributed by atoms with E-state index in [1.54, 1.807) is 24.3 Å². The van der Waals surface area contributed by atoms with Crippen molar-refractivity contribution in [3.05, 3.63) is 75.4 Å². The van der Waals surface area contributed by atoms with Gasteiger partial charge in [0.15, 0.2) is 5.78 Å². The Balaban J connectivity index is 1.95. The van der Waals surface area contributed by atoms with Crippen molar-refractivity contribution < 1.29 is 18.0 Å². The Bertz CT molecular complexity index is 868. The van der Waals surface area contributed by atoms with Crippen molar-refractivity contribution in [2.24, 2.45) is 0 Å². The summed E-state index contributed by atoms with van der Waals surface area (Å²) in [6.07, 6.45) is -0.504. The molecule has 0 spiro atoms. The highest BCUT2D eigenvalue weighted by Gasteiger charge is 2.39. The van der Waals surface area contributed by atoms with Crippen LogP contribution in [-0.4, -0.2) is 12.0 Å². The van der Waals surface area contributed by atoms with Gasteiger partial charge in [0.1, 0.15) is 0 Å². The van der Waals surface area contributed by atoms with E-state index in [9.17, 15) is 18.0 Å². The maximum absolute atomic E-state index is 13.6. The second-order valence-electron chi connectivity index (χ2n) is 7.00. The van der Waals surface area contributed by atoms with Crippen LogP contribution >= 0.6 is 0 Å². The molecule has 0 fully saturated rings. The predicted octanol–water partition coefficient (Wildman–Crippen LogP) is 6.10. The van der Waals surface area contributed by atoms with Crippen LogP contribution in [0.25, 0.3) is 6.08 Å². The van der Waals surface area contributed by atoms with Crippen LogP contribution in [0.3, 0.4) is 0 Å². The number of hydrogen-bond donors (Lipinski definition) is 0. The van der Waals surface area contributed by atoms with Crippen molar-refractivity contribution in [3.63, 3.8) is 0 Å². The number of Topliss-reactive ketones (excluding diaryl/α,β-unsaturated/α-hetero) is 1. The highest BCUT2D eigenvalue weighted by Crippen LogP contribution is 2.38. The molecule has 4 heteroatoms. The maximum atomic E-state index is 13.6.